The lowest BCUT2D eigenvalue weighted by Gasteiger charge is -2.18. The van der Waals surface area contributed by atoms with E-state index in [0.717, 1.165) is 15.9 Å². The summed E-state index contributed by atoms with van der Waals surface area (Å²) in [6.45, 7) is 0.140. The van der Waals surface area contributed by atoms with Gasteiger partial charge in [-0.05, 0) is 30.2 Å². The number of sulfone groups is 2. The Hall–Kier alpha value is -1.75. The van der Waals surface area contributed by atoms with Gasteiger partial charge in [0.15, 0.2) is 19.7 Å². The summed E-state index contributed by atoms with van der Waals surface area (Å²) in [5.74, 6) is -0.602. The molecule has 1 heterocycles. The van der Waals surface area contributed by atoms with Crippen LogP contribution < -0.4 is 0 Å². The topological polar surface area (TPSA) is 106 Å². The van der Waals surface area contributed by atoms with E-state index in [9.17, 15) is 25.3 Å². The fourth-order valence-electron chi connectivity index (χ4n) is 3.12. The Balaban J connectivity index is 1.90. The minimum Gasteiger partial charge on any atom is -0.229 e. The number of nitrogens with zero attached hydrogens (tertiary/aromatic N) is 1. The number of benzene rings is 2. The molecule has 1 atom stereocenters. The standard InChI is InChI=1S/C18H21NO6S3/c1-19(13-15-6-3-2-4-7-15)28(24,25)17-9-5-8-16(12-17)27(22,23)18-10-11-26(20,21)14-18/h2-9,12,18H,10-11,13-14H2,1H3. The molecule has 28 heavy (non-hydrogen) atoms. The average Bonchev–Trinajstić information content (AvgIpc) is 3.03. The molecule has 1 fully saturated rings. The summed E-state index contributed by atoms with van der Waals surface area (Å²) in [5, 5.41) is -1.04. The van der Waals surface area contributed by atoms with Crippen molar-refractivity contribution in [2.45, 2.75) is 28.0 Å². The summed E-state index contributed by atoms with van der Waals surface area (Å²) < 4.78 is 75.8. The van der Waals surface area contributed by atoms with Crippen LogP contribution in [0.25, 0.3) is 0 Å². The zero-order valence-electron chi connectivity index (χ0n) is 15.2. The van der Waals surface area contributed by atoms with E-state index in [0.29, 0.717) is 0 Å². The summed E-state index contributed by atoms with van der Waals surface area (Å²) in [6, 6.07) is 14.1. The monoisotopic (exact) mass is 443 g/mol. The molecule has 0 radical (unpaired) electrons. The van der Waals surface area contributed by atoms with Crippen LogP contribution in [0, 0.1) is 0 Å². The highest BCUT2D eigenvalue weighted by atomic mass is 32.2. The highest BCUT2D eigenvalue weighted by Crippen LogP contribution is 2.27. The molecule has 0 N–H and O–H groups in total. The van der Waals surface area contributed by atoms with Crippen molar-refractivity contribution in [2.75, 3.05) is 18.6 Å². The van der Waals surface area contributed by atoms with E-state index in [1.54, 1.807) is 24.3 Å². The molecule has 0 spiro atoms. The number of hydrogen-bond acceptors (Lipinski definition) is 6. The maximum Gasteiger partial charge on any atom is 0.243 e. The molecule has 0 aliphatic carbocycles. The number of sulfonamides is 1. The van der Waals surface area contributed by atoms with Crippen molar-refractivity contribution < 1.29 is 25.3 Å². The van der Waals surface area contributed by atoms with Gasteiger partial charge >= 0.3 is 0 Å². The van der Waals surface area contributed by atoms with Gasteiger partial charge in [-0.25, -0.2) is 25.3 Å². The highest BCUT2D eigenvalue weighted by Gasteiger charge is 2.38. The second-order valence-electron chi connectivity index (χ2n) is 6.79. The van der Waals surface area contributed by atoms with Crippen molar-refractivity contribution in [1.29, 1.82) is 0 Å². The van der Waals surface area contributed by atoms with Crippen molar-refractivity contribution in [3.8, 4) is 0 Å². The lowest BCUT2D eigenvalue weighted by atomic mass is 10.2. The molecule has 1 aliphatic heterocycles. The Bertz CT molecular complexity index is 1170. The molecule has 2 aromatic carbocycles. The third kappa shape index (κ3) is 4.29. The second kappa shape index (κ2) is 7.58. The lowest BCUT2D eigenvalue weighted by Crippen LogP contribution is -2.27. The van der Waals surface area contributed by atoms with E-state index in [1.807, 2.05) is 6.07 Å². The van der Waals surface area contributed by atoms with Gasteiger partial charge in [0.2, 0.25) is 10.0 Å². The first-order valence-corrected chi connectivity index (χ1v) is 13.4. The molecule has 0 saturated carbocycles. The van der Waals surface area contributed by atoms with Gasteiger partial charge in [-0.2, -0.15) is 4.31 Å². The maximum atomic E-state index is 12.9. The van der Waals surface area contributed by atoms with E-state index in [-0.39, 0.29) is 28.5 Å². The normalized spacial score (nSPS) is 19.7. The number of rotatable bonds is 6. The van der Waals surface area contributed by atoms with Gasteiger partial charge in [0.05, 0.1) is 26.5 Å². The molecule has 0 amide bonds. The predicted octanol–water partition coefficient (Wildman–Crippen LogP) is 1.47. The summed E-state index contributed by atoms with van der Waals surface area (Å²) in [4.78, 5) is -0.323. The molecule has 0 aromatic heterocycles. The first kappa shape index (κ1) is 21.0. The molecule has 152 valence electrons. The van der Waals surface area contributed by atoms with Crippen LogP contribution in [0.4, 0.5) is 0 Å². The smallest absolute Gasteiger partial charge is 0.229 e. The van der Waals surface area contributed by atoms with Crippen LogP contribution in [-0.2, 0) is 36.2 Å². The molecule has 1 saturated heterocycles. The summed E-state index contributed by atoms with van der Waals surface area (Å²) >= 11 is 0. The van der Waals surface area contributed by atoms with E-state index in [4.69, 9.17) is 0 Å². The molecule has 2 aromatic rings. The Kier molecular flexibility index (Phi) is 5.68. The van der Waals surface area contributed by atoms with Crippen LogP contribution in [0.1, 0.15) is 12.0 Å². The Morgan fingerprint density at radius 2 is 1.61 bits per heavy atom. The summed E-state index contributed by atoms with van der Waals surface area (Å²) in [6.07, 6.45) is 0.0234. The Morgan fingerprint density at radius 1 is 0.964 bits per heavy atom. The van der Waals surface area contributed by atoms with Crippen LogP contribution in [0.5, 0.6) is 0 Å². The first-order chi connectivity index (χ1) is 13.0. The Labute approximate surface area is 165 Å². The van der Waals surface area contributed by atoms with Crippen LogP contribution in [0.15, 0.2) is 64.4 Å². The van der Waals surface area contributed by atoms with Gasteiger partial charge in [-0.3, -0.25) is 0 Å². The quantitative estimate of drug-likeness (QED) is 0.669. The predicted molar refractivity (Wildman–Crippen MR) is 106 cm³/mol. The molecule has 10 heteroatoms. The van der Waals surface area contributed by atoms with Crippen molar-refractivity contribution in [3.63, 3.8) is 0 Å². The van der Waals surface area contributed by atoms with Gasteiger partial charge in [0, 0.05) is 13.6 Å². The zero-order chi connectivity index (χ0) is 20.6. The fraction of sp³-hybridized carbons (Fsp3) is 0.333. The van der Waals surface area contributed by atoms with E-state index in [1.165, 1.54) is 25.2 Å². The van der Waals surface area contributed by atoms with Crippen LogP contribution in [0.3, 0.4) is 0 Å². The van der Waals surface area contributed by atoms with Gasteiger partial charge in [0.1, 0.15) is 0 Å². The summed E-state index contributed by atoms with van der Waals surface area (Å²) in [5.41, 5.74) is 0.800. The van der Waals surface area contributed by atoms with E-state index < -0.39 is 40.7 Å². The van der Waals surface area contributed by atoms with Crippen LogP contribution >= 0.6 is 0 Å². The van der Waals surface area contributed by atoms with E-state index >= 15 is 0 Å². The maximum absolute atomic E-state index is 12.9. The largest absolute Gasteiger partial charge is 0.243 e. The van der Waals surface area contributed by atoms with Crippen molar-refractivity contribution in [3.05, 3.63) is 60.2 Å². The second-order valence-corrected chi connectivity index (χ2v) is 13.3. The molecule has 1 unspecified atom stereocenters. The van der Waals surface area contributed by atoms with Crippen molar-refractivity contribution >= 4 is 29.7 Å². The highest BCUT2D eigenvalue weighted by molar-refractivity contribution is 7.96. The van der Waals surface area contributed by atoms with Gasteiger partial charge < -0.3 is 0 Å². The summed E-state index contributed by atoms with van der Waals surface area (Å²) in [7, 11) is -9.81. The van der Waals surface area contributed by atoms with Gasteiger partial charge in [0.25, 0.3) is 0 Å². The molecular weight excluding hydrogens is 422 g/mol. The Morgan fingerprint density at radius 3 is 2.21 bits per heavy atom. The zero-order valence-corrected chi connectivity index (χ0v) is 17.7. The van der Waals surface area contributed by atoms with E-state index in [2.05, 4.69) is 0 Å². The average molecular weight is 444 g/mol. The van der Waals surface area contributed by atoms with Gasteiger partial charge in [-0.15, -0.1) is 0 Å². The minimum atomic E-state index is -3.94. The first-order valence-electron chi connectivity index (χ1n) is 8.57. The molecular formula is C18H21NO6S3. The minimum absolute atomic E-state index is 0.0234. The van der Waals surface area contributed by atoms with Crippen molar-refractivity contribution in [2.24, 2.45) is 0 Å². The fourth-order valence-corrected chi connectivity index (χ4v) is 8.80. The van der Waals surface area contributed by atoms with Gasteiger partial charge in [-0.1, -0.05) is 36.4 Å². The third-order valence-corrected chi connectivity index (χ3v) is 10.7. The third-order valence-electron chi connectivity index (χ3n) is 4.72. The molecule has 7 nitrogen and oxygen atoms in total. The SMILES string of the molecule is CN(Cc1ccccc1)S(=O)(=O)c1cccc(S(=O)(=O)C2CCS(=O)(=O)C2)c1. The molecule has 1 aliphatic rings. The van der Waals surface area contributed by atoms with Crippen molar-refractivity contribution in [1.82, 2.24) is 4.31 Å². The van der Waals surface area contributed by atoms with Crippen LogP contribution in [-0.4, -0.2) is 53.4 Å². The molecule has 0 bridgehead atoms. The lowest BCUT2D eigenvalue weighted by molar-refractivity contribution is 0.466. The number of hydrogen-bond donors (Lipinski definition) is 0. The molecule has 3 rings (SSSR count). The van der Waals surface area contributed by atoms with Crippen LogP contribution in [0.2, 0.25) is 0 Å².